The maximum Gasteiger partial charge on any atom is 1.00 e. The van der Waals surface area contributed by atoms with Gasteiger partial charge in [-0.15, -0.1) is 0 Å². The summed E-state index contributed by atoms with van der Waals surface area (Å²) in [5.41, 5.74) is 0. The first-order valence-corrected chi connectivity index (χ1v) is 18.2. The van der Waals surface area contributed by atoms with E-state index in [0.29, 0.717) is 12.8 Å². The first-order chi connectivity index (χ1) is 17.2. The third-order valence-corrected chi connectivity index (χ3v) is 8.62. The second-order valence-corrected chi connectivity index (χ2v) is 13.8. The molecular formula is C28H56K2O6S2. The number of rotatable bonds is 29. The molecule has 0 aliphatic carbocycles. The van der Waals surface area contributed by atoms with Crippen LogP contribution in [-0.2, 0) is 20.2 Å². The molecule has 0 saturated heterocycles. The zero-order chi connectivity index (χ0) is 26.8. The van der Waals surface area contributed by atoms with E-state index >= 15 is 0 Å². The van der Waals surface area contributed by atoms with Gasteiger partial charge in [0.2, 0.25) is 0 Å². The van der Waals surface area contributed by atoms with Gasteiger partial charge in [0.1, 0.15) is 0 Å². The van der Waals surface area contributed by atoms with Crippen LogP contribution in [0.1, 0.15) is 167 Å². The largest absolute Gasteiger partial charge is 1.00 e. The summed E-state index contributed by atoms with van der Waals surface area (Å²) >= 11 is 0. The Balaban J connectivity index is -0.00000612. The molecule has 0 N–H and O–H groups in total. The van der Waals surface area contributed by atoms with Gasteiger partial charge in [0, 0.05) is 11.5 Å². The van der Waals surface area contributed by atoms with Crippen molar-refractivity contribution in [1.29, 1.82) is 0 Å². The van der Waals surface area contributed by atoms with E-state index in [1.54, 1.807) is 0 Å². The molecule has 0 unspecified atom stereocenters. The molecule has 0 aromatic rings. The van der Waals surface area contributed by atoms with Crippen LogP contribution in [0.2, 0.25) is 0 Å². The Morgan fingerprint density at radius 2 is 0.368 bits per heavy atom. The standard InChI is InChI=1S/C28H58O6S2.2K/c29-35(30,31)27-25-23-21-19-17-15-13-11-9-7-5-3-1-2-4-6-8-10-12-14-16-18-20-22-24-26-28-36(32,33)34;;/h1-28H2,(H,29,30,31)(H,32,33,34);;/q;2*+1/p-2. The van der Waals surface area contributed by atoms with Gasteiger partial charge in [-0.3, -0.25) is 0 Å². The van der Waals surface area contributed by atoms with E-state index in [9.17, 15) is 25.9 Å². The van der Waals surface area contributed by atoms with Crippen molar-refractivity contribution in [2.75, 3.05) is 11.5 Å². The van der Waals surface area contributed by atoms with Crippen molar-refractivity contribution >= 4 is 20.2 Å². The molecule has 38 heavy (non-hydrogen) atoms. The van der Waals surface area contributed by atoms with E-state index in [0.717, 1.165) is 38.5 Å². The zero-order valence-corrected chi connectivity index (χ0v) is 32.9. The molecule has 0 amide bonds. The monoisotopic (exact) mass is 630 g/mol. The van der Waals surface area contributed by atoms with E-state index in [4.69, 9.17) is 0 Å². The van der Waals surface area contributed by atoms with Crippen LogP contribution in [0, 0.1) is 0 Å². The minimum Gasteiger partial charge on any atom is -0.748 e. The van der Waals surface area contributed by atoms with Gasteiger partial charge >= 0.3 is 103 Å². The van der Waals surface area contributed by atoms with E-state index < -0.39 is 20.2 Å². The first-order valence-electron chi connectivity index (χ1n) is 15.1. The Bertz CT molecular complexity index is 615. The van der Waals surface area contributed by atoms with Gasteiger partial charge in [0.15, 0.2) is 0 Å². The summed E-state index contributed by atoms with van der Waals surface area (Å²) in [6.45, 7) is 0. The van der Waals surface area contributed by atoms with Gasteiger partial charge in [-0.25, -0.2) is 16.8 Å². The smallest absolute Gasteiger partial charge is 0.748 e. The fourth-order valence-corrected chi connectivity index (χ4v) is 5.92. The van der Waals surface area contributed by atoms with Crippen molar-refractivity contribution in [1.82, 2.24) is 0 Å². The van der Waals surface area contributed by atoms with Crippen LogP contribution in [0.25, 0.3) is 0 Å². The Hall–Kier alpha value is 3.09. The summed E-state index contributed by atoms with van der Waals surface area (Å²) in [6.07, 6.45) is 31.2. The van der Waals surface area contributed by atoms with Crippen molar-refractivity contribution in [2.45, 2.75) is 167 Å². The van der Waals surface area contributed by atoms with Crippen LogP contribution >= 0.6 is 0 Å². The van der Waals surface area contributed by atoms with Gasteiger partial charge in [-0.05, 0) is 12.8 Å². The Kier molecular flexibility index (Phi) is 39.5. The van der Waals surface area contributed by atoms with Crippen LogP contribution < -0.4 is 103 Å². The van der Waals surface area contributed by atoms with E-state index in [2.05, 4.69) is 0 Å². The Labute approximate surface area is 322 Å². The summed E-state index contributed by atoms with van der Waals surface area (Å²) in [7, 11) is -8.04. The second kappa shape index (κ2) is 33.0. The van der Waals surface area contributed by atoms with Crippen LogP contribution in [0.4, 0.5) is 0 Å². The number of hydrogen-bond donors (Lipinski definition) is 0. The van der Waals surface area contributed by atoms with Crippen molar-refractivity contribution in [3.63, 3.8) is 0 Å². The first kappa shape index (κ1) is 45.5. The third kappa shape index (κ3) is 43.5. The molecule has 0 bridgehead atoms. The molecule has 0 spiro atoms. The summed E-state index contributed by atoms with van der Waals surface area (Å²) in [5.74, 6) is -0.410. The topological polar surface area (TPSA) is 114 Å². The molecule has 0 radical (unpaired) electrons. The van der Waals surface area contributed by atoms with Crippen LogP contribution in [0.5, 0.6) is 0 Å². The van der Waals surface area contributed by atoms with Crippen molar-refractivity contribution < 1.29 is 129 Å². The minimum absolute atomic E-state index is 0. The summed E-state index contributed by atoms with van der Waals surface area (Å²) < 4.78 is 63.1. The maximum atomic E-state index is 10.5. The molecule has 0 aromatic carbocycles. The van der Waals surface area contributed by atoms with Crippen LogP contribution in [0.15, 0.2) is 0 Å². The van der Waals surface area contributed by atoms with Crippen molar-refractivity contribution in [3.8, 4) is 0 Å². The average Bonchev–Trinajstić information content (AvgIpc) is 2.79. The summed E-state index contributed by atoms with van der Waals surface area (Å²) in [6, 6.07) is 0. The molecule has 10 heteroatoms. The van der Waals surface area contributed by atoms with Crippen LogP contribution in [0.3, 0.4) is 0 Å². The summed E-state index contributed by atoms with van der Waals surface area (Å²) in [4.78, 5) is 0. The molecule has 0 aromatic heterocycles. The van der Waals surface area contributed by atoms with Crippen molar-refractivity contribution in [2.24, 2.45) is 0 Å². The predicted molar refractivity (Wildman–Crippen MR) is 149 cm³/mol. The molecule has 6 nitrogen and oxygen atoms in total. The average molecular weight is 631 g/mol. The molecule has 0 aliphatic heterocycles. The third-order valence-electron chi connectivity index (χ3n) is 7.04. The molecule has 0 saturated carbocycles. The Morgan fingerprint density at radius 1 is 0.263 bits per heavy atom. The van der Waals surface area contributed by atoms with Gasteiger partial charge < -0.3 is 9.11 Å². The predicted octanol–water partition coefficient (Wildman–Crippen LogP) is 2.23. The maximum absolute atomic E-state index is 10.5. The van der Waals surface area contributed by atoms with Gasteiger partial charge in [0.05, 0.1) is 20.2 Å². The fourth-order valence-electron chi connectivity index (χ4n) is 4.80. The molecule has 0 atom stereocenters. The van der Waals surface area contributed by atoms with E-state index in [1.165, 1.54) is 116 Å². The molecule has 0 rings (SSSR count). The SMILES string of the molecule is O=S(=O)([O-])CCCCCCCCCCCCCCCCCCCCCCCCCCCCS(=O)(=O)[O-].[K+].[K+]. The normalized spacial score (nSPS) is 11.7. The molecule has 0 heterocycles. The second-order valence-electron chi connectivity index (χ2n) is 10.7. The molecule has 218 valence electrons. The Morgan fingerprint density at radius 3 is 0.474 bits per heavy atom. The number of hydrogen-bond acceptors (Lipinski definition) is 6. The quantitative estimate of drug-likeness (QED) is 0.0712. The van der Waals surface area contributed by atoms with E-state index in [1.807, 2.05) is 0 Å². The van der Waals surface area contributed by atoms with Crippen LogP contribution in [-0.4, -0.2) is 37.4 Å². The number of unbranched alkanes of at least 4 members (excludes halogenated alkanes) is 25. The zero-order valence-electron chi connectivity index (χ0n) is 25.1. The van der Waals surface area contributed by atoms with Gasteiger partial charge in [0.25, 0.3) is 0 Å². The fraction of sp³-hybridized carbons (Fsp3) is 1.00. The summed E-state index contributed by atoms with van der Waals surface area (Å²) in [5, 5.41) is 0. The van der Waals surface area contributed by atoms with Gasteiger partial charge in [-0.2, -0.15) is 0 Å². The van der Waals surface area contributed by atoms with Crippen molar-refractivity contribution in [3.05, 3.63) is 0 Å². The molecule has 0 aliphatic rings. The molecule has 0 fully saturated rings. The minimum atomic E-state index is -4.02. The van der Waals surface area contributed by atoms with Gasteiger partial charge in [-0.1, -0.05) is 154 Å². The van der Waals surface area contributed by atoms with E-state index in [-0.39, 0.29) is 114 Å². The molecular weight excluding hydrogens is 575 g/mol.